The summed E-state index contributed by atoms with van der Waals surface area (Å²) in [5, 5.41) is 3.32. The van der Waals surface area contributed by atoms with Crippen LogP contribution in [0.4, 0.5) is 0 Å². The Balaban J connectivity index is 1.72. The molecule has 7 heteroatoms. The van der Waals surface area contributed by atoms with Crippen LogP contribution in [0.15, 0.2) is 85.1 Å². The van der Waals surface area contributed by atoms with E-state index in [4.69, 9.17) is 5.73 Å². The van der Waals surface area contributed by atoms with E-state index in [2.05, 4.69) is 15.3 Å². The van der Waals surface area contributed by atoms with Gasteiger partial charge in [-0.2, -0.15) is 0 Å². The standard InChI is InChI=1S/C25H20N4O3/c26-24(31)23(30)22(14-16-8-2-1-3-9-16)29-25(32)18-15-21(20-12-6-7-13-27-20)28-19-11-5-4-10-17(18)19/h1-13,15,22H,14H2,(H2,26,31)(H,29,32). The van der Waals surface area contributed by atoms with Crippen LogP contribution >= 0.6 is 0 Å². The molecule has 0 saturated heterocycles. The molecule has 158 valence electrons. The highest BCUT2D eigenvalue weighted by molar-refractivity contribution is 6.38. The summed E-state index contributed by atoms with van der Waals surface area (Å²) >= 11 is 0. The summed E-state index contributed by atoms with van der Waals surface area (Å²) in [4.78, 5) is 46.3. The molecule has 0 aliphatic rings. The fourth-order valence-corrected chi connectivity index (χ4v) is 3.48. The summed E-state index contributed by atoms with van der Waals surface area (Å²) < 4.78 is 0. The van der Waals surface area contributed by atoms with E-state index in [1.54, 1.807) is 42.6 Å². The molecule has 7 nitrogen and oxygen atoms in total. The molecular weight excluding hydrogens is 404 g/mol. The number of aromatic nitrogens is 2. The van der Waals surface area contributed by atoms with Gasteiger partial charge in [-0.25, -0.2) is 4.98 Å². The highest BCUT2D eigenvalue weighted by atomic mass is 16.2. The van der Waals surface area contributed by atoms with E-state index in [1.165, 1.54) is 0 Å². The average molecular weight is 424 g/mol. The molecule has 0 fully saturated rings. The van der Waals surface area contributed by atoms with Gasteiger partial charge < -0.3 is 11.1 Å². The summed E-state index contributed by atoms with van der Waals surface area (Å²) in [6.45, 7) is 0. The van der Waals surface area contributed by atoms with E-state index in [-0.39, 0.29) is 6.42 Å². The molecule has 0 aliphatic heterocycles. The molecule has 0 saturated carbocycles. The lowest BCUT2D eigenvalue weighted by atomic mass is 10.0. The molecule has 4 rings (SSSR count). The van der Waals surface area contributed by atoms with Crippen LogP contribution in [0.25, 0.3) is 22.3 Å². The van der Waals surface area contributed by atoms with E-state index in [0.717, 1.165) is 5.56 Å². The Morgan fingerprint density at radius 2 is 1.59 bits per heavy atom. The Morgan fingerprint density at radius 3 is 2.31 bits per heavy atom. The highest BCUT2D eigenvalue weighted by Crippen LogP contribution is 2.24. The van der Waals surface area contributed by atoms with Gasteiger partial charge in [-0.3, -0.25) is 19.4 Å². The predicted molar refractivity (Wildman–Crippen MR) is 121 cm³/mol. The van der Waals surface area contributed by atoms with Crippen LogP contribution in [-0.2, 0) is 16.0 Å². The Kier molecular flexibility index (Phi) is 5.98. The number of benzene rings is 2. The van der Waals surface area contributed by atoms with Crippen molar-refractivity contribution in [2.75, 3.05) is 0 Å². The third-order valence-electron chi connectivity index (χ3n) is 5.04. The molecule has 0 spiro atoms. The van der Waals surface area contributed by atoms with Crippen molar-refractivity contribution < 1.29 is 14.4 Å². The van der Waals surface area contributed by atoms with Gasteiger partial charge in [-0.05, 0) is 29.8 Å². The number of pyridine rings is 2. The molecule has 2 aromatic heterocycles. The monoisotopic (exact) mass is 424 g/mol. The van der Waals surface area contributed by atoms with Gasteiger partial charge in [-0.1, -0.05) is 54.6 Å². The minimum atomic E-state index is -1.10. The van der Waals surface area contributed by atoms with Crippen LogP contribution in [0, 0.1) is 0 Å². The Labute approximate surface area is 184 Å². The second kappa shape index (κ2) is 9.18. The lowest BCUT2D eigenvalue weighted by Gasteiger charge is -2.17. The minimum absolute atomic E-state index is 0.143. The second-order valence-corrected chi connectivity index (χ2v) is 7.23. The molecule has 1 unspecified atom stereocenters. The molecule has 1 atom stereocenters. The molecule has 2 aromatic carbocycles. The molecule has 4 aromatic rings. The molecule has 0 aliphatic carbocycles. The quantitative estimate of drug-likeness (QED) is 0.443. The van der Waals surface area contributed by atoms with Crippen LogP contribution in [0.5, 0.6) is 0 Å². The fourth-order valence-electron chi connectivity index (χ4n) is 3.48. The number of para-hydroxylation sites is 1. The van der Waals surface area contributed by atoms with Gasteiger partial charge in [-0.15, -0.1) is 0 Å². The number of carbonyl (C=O) groups excluding carboxylic acids is 3. The smallest absolute Gasteiger partial charge is 0.287 e. The van der Waals surface area contributed by atoms with Gasteiger partial charge in [0.15, 0.2) is 0 Å². The SMILES string of the molecule is NC(=O)C(=O)C(Cc1ccccc1)NC(=O)c1cc(-c2ccccn2)nc2ccccc12. The van der Waals surface area contributed by atoms with E-state index in [9.17, 15) is 14.4 Å². The van der Waals surface area contributed by atoms with Gasteiger partial charge in [0, 0.05) is 18.0 Å². The predicted octanol–water partition coefficient (Wildman–Crippen LogP) is 2.69. The third kappa shape index (κ3) is 4.52. The summed E-state index contributed by atoms with van der Waals surface area (Å²) in [5.41, 5.74) is 8.10. The molecular formula is C25H20N4O3. The summed E-state index contributed by atoms with van der Waals surface area (Å²) in [6, 6.07) is 22.3. The normalized spacial score (nSPS) is 11.6. The van der Waals surface area contributed by atoms with E-state index in [0.29, 0.717) is 27.9 Å². The summed E-state index contributed by atoms with van der Waals surface area (Å²) in [6.07, 6.45) is 1.79. The van der Waals surface area contributed by atoms with Gasteiger partial charge in [0.25, 0.3) is 11.8 Å². The number of ketones is 1. The molecule has 0 bridgehead atoms. The maximum atomic E-state index is 13.3. The number of nitrogens with zero attached hydrogens (tertiary/aromatic N) is 2. The zero-order valence-corrected chi connectivity index (χ0v) is 17.1. The van der Waals surface area contributed by atoms with Crippen LogP contribution in [0.1, 0.15) is 15.9 Å². The van der Waals surface area contributed by atoms with Gasteiger partial charge in [0.1, 0.15) is 6.04 Å². The van der Waals surface area contributed by atoms with Crippen LogP contribution < -0.4 is 11.1 Å². The van der Waals surface area contributed by atoms with Gasteiger partial charge >= 0.3 is 0 Å². The van der Waals surface area contributed by atoms with Crippen molar-refractivity contribution in [1.29, 1.82) is 0 Å². The highest BCUT2D eigenvalue weighted by Gasteiger charge is 2.26. The number of Topliss-reactive ketones (excluding diaryl/α,β-unsaturated/α-hetero) is 1. The first-order valence-corrected chi connectivity index (χ1v) is 10.0. The van der Waals surface area contributed by atoms with Gasteiger partial charge in [0.2, 0.25) is 5.78 Å². The number of nitrogens with one attached hydrogen (secondary N) is 1. The summed E-state index contributed by atoms with van der Waals surface area (Å²) in [5.74, 6) is -2.46. The lowest BCUT2D eigenvalue weighted by molar-refractivity contribution is -0.137. The van der Waals surface area contributed by atoms with E-state index < -0.39 is 23.6 Å². The van der Waals surface area contributed by atoms with Crippen molar-refractivity contribution in [2.45, 2.75) is 12.5 Å². The first-order valence-electron chi connectivity index (χ1n) is 10.0. The third-order valence-corrected chi connectivity index (χ3v) is 5.04. The lowest BCUT2D eigenvalue weighted by Crippen LogP contribution is -2.47. The number of rotatable bonds is 7. The zero-order valence-electron chi connectivity index (χ0n) is 17.1. The largest absolute Gasteiger partial charge is 0.363 e. The number of nitrogens with two attached hydrogens (primary N) is 1. The van der Waals surface area contributed by atoms with Crippen molar-refractivity contribution in [3.05, 3.63) is 96.2 Å². The van der Waals surface area contributed by atoms with Crippen LogP contribution in [-0.4, -0.2) is 33.6 Å². The van der Waals surface area contributed by atoms with Crippen molar-refractivity contribution in [3.63, 3.8) is 0 Å². The van der Waals surface area contributed by atoms with Crippen LogP contribution in [0.3, 0.4) is 0 Å². The Hall–Kier alpha value is -4.39. The first kappa shape index (κ1) is 20.9. The first-order chi connectivity index (χ1) is 15.5. The summed E-state index contributed by atoms with van der Waals surface area (Å²) in [7, 11) is 0. The maximum absolute atomic E-state index is 13.3. The fraction of sp³-hybridized carbons (Fsp3) is 0.0800. The Bertz CT molecular complexity index is 1290. The molecule has 32 heavy (non-hydrogen) atoms. The van der Waals surface area contributed by atoms with Gasteiger partial charge in [0.05, 0.1) is 22.5 Å². The molecule has 3 N–H and O–H groups in total. The topological polar surface area (TPSA) is 115 Å². The van der Waals surface area contributed by atoms with E-state index in [1.807, 2.05) is 42.5 Å². The maximum Gasteiger partial charge on any atom is 0.287 e. The van der Waals surface area contributed by atoms with Crippen molar-refractivity contribution in [2.24, 2.45) is 5.73 Å². The van der Waals surface area contributed by atoms with Crippen LogP contribution in [0.2, 0.25) is 0 Å². The van der Waals surface area contributed by atoms with Crippen molar-refractivity contribution in [3.8, 4) is 11.4 Å². The number of amides is 2. The average Bonchev–Trinajstić information content (AvgIpc) is 2.83. The Morgan fingerprint density at radius 1 is 0.875 bits per heavy atom. The minimum Gasteiger partial charge on any atom is -0.363 e. The zero-order chi connectivity index (χ0) is 22.5. The molecule has 2 amide bonds. The number of hydrogen-bond acceptors (Lipinski definition) is 5. The van der Waals surface area contributed by atoms with Crippen molar-refractivity contribution in [1.82, 2.24) is 15.3 Å². The second-order valence-electron chi connectivity index (χ2n) is 7.23. The number of fused-ring (bicyclic) bond motifs is 1. The molecule has 2 heterocycles. The van der Waals surface area contributed by atoms with Crippen molar-refractivity contribution >= 4 is 28.5 Å². The number of primary amides is 1. The molecule has 0 radical (unpaired) electrons. The number of carbonyl (C=O) groups is 3. The number of hydrogen-bond donors (Lipinski definition) is 2. The van der Waals surface area contributed by atoms with E-state index >= 15 is 0 Å².